The van der Waals surface area contributed by atoms with Gasteiger partial charge in [0.2, 0.25) is 0 Å². The molecule has 0 amide bonds. The molecule has 0 heterocycles. The first-order valence-electron chi connectivity index (χ1n) is 6.66. The minimum absolute atomic E-state index is 0.139. The Bertz CT molecular complexity index is 552. The third-order valence-corrected chi connectivity index (χ3v) is 4.72. The fourth-order valence-electron chi connectivity index (χ4n) is 2.93. The molecule has 0 nitrogen and oxygen atoms in total. The van der Waals surface area contributed by atoms with Crippen molar-refractivity contribution < 1.29 is 4.39 Å². The lowest BCUT2D eigenvalue weighted by Crippen LogP contribution is -2.04. The normalized spacial score (nSPS) is 23.1. The Kier molecular flexibility index (Phi) is 3.69. The van der Waals surface area contributed by atoms with E-state index in [0.29, 0.717) is 17.8 Å². The average Bonchev–Trinajstić information content (AvgIpc) is 3.21. The molecule has 1 fully saturated rings. The van der Waals surface area contributed by atoms with Gasteiger partial charge in [-0.1, -0.05) is 58.4 Å². The van der Waals surface area contributed by atoms with Crippen LogP contribution in [0.4, 0.5) is 4.39 Å². The van der Waals surface area contributed by atoms with E-state index in [1.54, 1.807) is 12.1 Å². The van der Waals surface area contributed by atoms with E-state index < -0.39 is 0 Å². The van der Waals surface area contributed by atoms with E-state index in [-0.39, 0.29) is 5.82 Å². The Balaban J connectivity index is 1.79. The highest BCUT2D eigenvalue weighted by Gasteiger charge is 2.43. The van der Waals surface area contributed by atoms with E-state index in [0.717, 1.165) is 10.9 Å². The highest BCUT2D eigenvalue weighted by Crippen LogP contribution is 2.55. The van der Waals surface area contributed by atoms with Crippen LogP contribution in [-0.2, 0) is 0 Å². The van der Waals surface area contributed by atoms with Crippen molar-refractivity contribution in [2.24, 2.45) is 5.92 Å². The maximum atomic E-state index is 13.4. The highest BCUT2D eigenvalue weighted by molar-refractivity contribution is 9.09. The molecule has 2 heteroatoms. The smallest absolute Gasteiger partial charge is 0.123 e. The first kappa shape index (κ1) is 12.9. The fraction of sp³-hybridized carbons (Fsp3) is 0.294. The van der Waals surface area contributed by atoms with Gasteiger partial charge in [0.1, 0.15) is 5.82 Å². The Morgan fingerprint density at radius 2 is 1.89 bits per heavy atom. The van der Waals surface area contributed by atoms with E-state index >= 15 is 0 Å². The Hall–Kier alpha value is -1.15. The van der Waals surface area contributed by atoms with Crippen molar-refractivity contribution in [2.75, 3.05) is 5.33 Å². The van der Waals surface area contributed by atoms with Crippen molar-refractivity contribution in [1.82, 2.24) is 0 Å². The Morgan fingerprint density at radius 1 is 1.11 bits per heavy atom. The molecule has 0 saturated heterocycles. The number of halogens is 2. The summed E-state index contributed by atoms with van der Waals surface area (Å²) >= 11 is 3.60. The van der Waals surface area contributed by atoms with Gasteiger partial charge in [0.15, 0.2) is 0 Å². The van der Waals surface area contributed by atoms with Crippen LogP contribution in [0.2, 0.25) is 0 Å². The molecule has 0 aromatic heterocycles. The molecule has 0 radical (unpaired) electrons. The molecule has 19 heavy (non-hydrogen) atoms. The third kappa shape index (κ3) is 2.74. The van der Waals surface area contributed by atoms with Gasteiger partial charge < -0.3 is 0 Å². The molecule has 0 N–H and O–H groups in total. The van der Waals surface area contributed by atoms with Crippen LogP contribution in [-0.4, -0.2) is 5.33 Å². The van der Waals surface area contributed by atoms with Crippen molar-refractivity contribution in [2.45, 2.75) is 18.3 Å². The van der Waals surface area contributed by atoms with Crippen LogP contribution in [0, 0.1) is 11.7 Å². The van der Waals surface area contributed by atoms with Crippen LogP contribution in [0.25, 0.3) is 0 Å². The van der Waals surface area contributed by atoms with Crippen molar-refractivity contribution >= 4 is 15.9 Å². The van der Waals surface area contributed by atoms with Crippen molar-refractivity contribution in [3.05, 3.63) is 71.5 Å². The zero-order valence-electron chi connectivity index (χ0n) is 10.6. The molecule has 0 spiro atoms. The molecule has 0 bridgehead atoms. The second-order valence-corrected chi connectivity index (χ2v) is 5.88. The van der Waals surface area contributed by atoms with E-state index in [1.165, 1.54) is 18.1 Å². The topological polar surface area (TPSA) is 0 Å². The average molecular weight is 319 g/mol. The van der Waals surface area contributed by atoms with Crippen LogP contribution in [0.1, 0.15) is 29.4 Å². The monoisotopic (exact) mass is 318 g/mol. The van der Waals surface area contributed by atoms with Crippen molar-refractivity contribution in [3.8, 4) is 0 Å². The summed E-state index contributed by atoms with van der Waals surface area (Å²) in [6, 6.07) is 17.7. The minimum atomic E-state index is -0.139. The SMILES string of the molecule is Fc1cccc(C(CBr)C2CC2c2ccccc2)c1. The quantitative estimate of drug-likeness (QED) is 0.687. The summed E-state index contributed by atoms with van der Waals surface area (Å²) in [6.45, 7) is 0. The highest BCUT2D eigenvalue weighted by atomic mass is 79.9. The van der Waals surface area contributed by atoms with E-state index in [9.17, 15) is 4.39 Å². The number of rotatable bonds is 4. The molecule has 3 atom stereocenters. The van der Waals surface area contributed by atoms with Gasteiger partial charge in [0.25, 0.3) is 0 Å². The largest absolute Gasteiger partial charge is 0.207 e. The van der Waals surface area contributed by atoms with E-state index in [1.807, 2.05) is 6.07 Å². The van der Waals surface area contributed by atoms with Gasteiger partial charge in [0.05, 0.1) is 0 Å². The number of benzene rings is 2. The Labute approximate surface area is 121 Å². The van der Waals surface area contributed by atoms with Gasteiger partial charge in [-0.05, 0) is 47.4 Å². The molecule has 0 aliphatic heterocycles. The van der Waals surface area contributed by atoms with Gasteiger partial charge in [-0.3, -0.25) is 0 Å². The molecule has 2 aromatic rings. The molecule has 3 rings (SSSR count). The lowest BCUT2D eigenvalue weighted by molar-refractivity contribution is 0.610. The predicted molar refractivity (Wildman–Crippen MR) is 80.2 cm³/mol. The summed E-state index contributed by atoms with van der Waals surface area (Å²) in [7, 11) is 0. The summed E-state index contributed by atoms with van der Waals surface area (Å²) in [5.41, 5.74) is 2.52. The molecular formula is C17H16BrF. The van der Waals surface area contributed by atoms with Crippen LogP contribution in [0.15, 0.2) is 54.6 Å². The zero-order chi connectivity index (χ0) is 13.2. The van der Waals surface area contributed by atoms with Crippen molar-refractivity contribution in [1.29, 1.82) is 0 Å². The molecule has 3 unspecified atom stereocenters. The summed E-state index contributed by atoms with van der Waals surface area (Å²) in [4.78, 5) is 0. The molecular weight excluding hydrogens is 303 g/mol. The lowest BCUT2D eigenvalue weighted by Gasteiger charge is -2.14. The summed E-state index contributed by atoms with van der Waals surface area (Å²) in [6.07, 6.45) is 1.21. The maximum Gasteiger partial charge on any atom is 0.123 e. The van der Waals surface area contributed by atoms with Crippen LogP contribution in [0.3, 0.4) is 0 Å². The summed E-state index contributed by atoms with van der Waals surface area (Å²) in [5.74, 6) is 1.52. The van der Waals surface area contributed by atoms with Gasteiger partial charge in [-0.25, -0.2) is 4.39 Å². The molecule has 98 valence electrons. The molecule has 1 saturated carbocycles. The van der Waals surface area contributed by atoms with E-state index in [4.69, 9.17) is 0 Å². The first-order valence-corrected chi connectivity index (χ1v) is 7.78. The Morgan fingerprint density at radius 3 is 2.58 bits per heavy atom. The minimum Gasteiger partial charge on any atom is -0.207 e. The fourth-order valence-corrected chi connectivity index (χ4v) is 3.78. The van der Waals surface area contributed by atoms with Crippen LogP contribution in [0.5, 0.6) is 0 Å². The first-order chi connectivity index (χ1) is 9.29. The third-order valence-electron chi connectivity index (χ3n) is 4.03. The number of alkyl halides is 1. The molecule has 1 aliphatic carbocycles. The standard InChI is InChI=1S/C17H16BrF/c18-11-17(13-7-4-8-14(19)9-13)16-10-15(16)12-5-2-1-3-6-12/h1-9,15-17H,10-11H2. The molecule has 1 aliphatic rings. The maximum absolute atomic E-state index is 13.4. The summed E-state index contributed by atoms with van der Waals surface area (Å²) < 4.78 is 13.4. The second kappa shape index (κ2) is 5.46. The number of hydrogen-bond acceptors (Lipinski definition) is 0. The van der Waals surface area contributed by atoms with Gasteiger partial charge in [-0.2, -0.15) is 0 Å². The summed E-state index contributed by atoms with van der Waals surface area (Å²) in [5, 5.41) is 0.893. The van der Waals surface area contributed by atoms with Gasteiger partial charge in [0, 0.05) is 5.33 Å². The predicted octanol–water partition coefficient (Wildman–Crippen LogP) is 5.11. The van der Waals surface area contributed by atoms with Gasteiger partial charge >= 0.3 is 0 Å². The molecule has 2 aromatic carbocycles. The number of hydrogen-bond donors (Lipinski definition) is 0. The second-order valence-electron chi connectivity index (χ2n) is 5.23. The van der Waals surface area contributed by atoms with Crippen LogP contribution < -0.4 is 0 Å². The lowest BCUT2D eigenvalue weighted by atomic mass is 9.93. The van der Waals surface area contributed by atoms with E-state index in [2.05, 4.69) is 46.3 Å². The van der Waals surface area contributed by atoms with Gasteiger partial charge in [-0.15, -0.1) is 0 Å². The van der Waals surface area contributed by atoms with Crippen LogP contribution >= 0.6 is 15.9 Å². The van der Waals surface area contributed by atoms with Crippen molar-refractivity contribution in [3.63, 3.8) is 0 Å². The zero-order valence-corrected chi connectivity index (χ0v) is 12.2.